The van der Waals surface area contributed by atoms with Gasteiger partial charge < -0.3 is 15.0 Å². The van der Waals surface area contributed by atoms with Crippen molar-refractivity contribution in [2.24, 2.45) is 0 Å². The van der Waals surface area contributed by atoms with Gasteiger partial charge in [-0.25, -0.2) is 13.6 Å². The van der Waals surface area contributed by atoms with Gasteiger partial charge in [0.1, 0.15) is 12.4 Å². The van der Waals surface area contributed by atoms with Gasteiger partial charge in [-0.1, -0.05) is 30.3 Å². The van der Waals surface area contributed by atoms with Crippen LogP contribution in [-0.4, -0.2) is 22.7 Å². The first kappa shape index (κ1) is 18.4. The van der Waals surface area contributed by atoms with E-state index < -0.39 is 11.6 Å². The van der Waals surface area contributed by atoms with Gasteiger partial charge in [-0.2, -0.15) is 0 Å². The lowest BCUT2D eigenvalue weighted by Gasteiger charge is -2.27. The molecule has 1 aliphatic heterocycles. The summed E-state index contributed by atoms with van der Waals surface area (Å²) < 4.78 is 34.6. The van der Waals surface area contributed by atoms with Gasteiger partial charge >= 0.3 is 5.69 Å². The Morgan fingerprint density at radius 3 is 2.86 bits per heavy atom. The molecule has 0 fully saturated rings. The molecule has 0 aliphatic carbocycles. The molecule has 0 amide bonds. The lowest BCUT2D eigenvalue weighted by atomic mass is 10.0. The quantitative estimate of drug-likeness (QED) is 0.642. The van der Waals surface area contributed by atoms with Crippen molar-refractivity contribution in [3.05, 3.63) is 87.6 Å². The van der Waals surface area contributed by atoms with E-state index in [0.717, 1.165) is 18.3 Å². The molecule has 5 nitrogen and oxygen atoms in total. The number of aromatic nitrogens is 2. The van der Waals surface area contributed by atoms with Crippen LogP contribution in [0.3, 0.4) is 0 Å². The number of halogens is 2. The first-order valence-electron chi connectivity index (χ1n) is 9.26. The van der Waals surface area contributed by atoms with Crippen molar-refractivity contribution >= 4 is 0 Å². The largest absolute Gasteiger partial charge is 0.488 e. The Kier molecular flexibility index (Phi) is 5.25. The van der Waals surface area contributed by atoms with Crippen molar-refractivity contribution in [2.45, 2.75) is 25.4 Å². The van der Waals surface area contributed by atoms with Crippen molar-refractivity contribution in [3.63, 3.8) is 0 Å². The highest BCUT2D eigenvalue weighted by molar-refractivity contribution is 5.37. The highest BCUT2D eigenvalue weighted by Crippen LogP contribution is 2.32. The minimum Gasteiger partial charge on any atom is -0.488 e. The van der Waals surface area contributed by atoms with Gasteiger partial charge in [-0.3, -0.25) is 4.57 Å². The summed E-state index contributed by atoms with van der Waals surface area (Å²) in [6, 6.07) is 11.8. The molecule has 1 unspecified atom stereocenters. The summed E-state index contributed by atoms with van der Waals surface area (Å²) in [5.41, 5.74) is 2.22. The van der Waals surface area contributed by atoms with Crippen LogP contribution in [-0.2, 0) is 19.4 Å². The molecule has 2 N–H and O–H groups in total. The molecular formula is C21H21F2N3O2. The average Bonchev–Trinajstić information content (AvgIpc) is 3.06. The van der Waals surface area contributed by atoms with Crippen molar-refractivity contribution in [1.82, 2.24) is 14.9 Å². The summed E-state index contributed by atoms with van der Waals surface area (Å²) in [4.78, 5) is 15.0. The number of hydrogen-bond acceptors (Lipinski definition) is 3. The Morgan fingerprint density at radius 2 is 2.04 bits per heavy atom. The molecule has 7 heteroatoms. The molecule has 0 saturated heterocycles. The van der Waals surface area contributed by atoms with Crippen LogP contribution in [0.4, 0.5) is 8.78 Å². The van der Waals surface area contributed by atoms with Crippen molar-refractivity contribution in [2.75, 3.05) is 13.2 Å². The fraction of sp³-hybridized carbons (Fsp3) is 0.286. The third-order valence-corrected chi connectivity index (χ3v) is 4.95. The smallest absolute Gasteiger partial charge is 0.326 e. The molecule has 0 spiro atoms. The summed E-state index contributed by atoms with van der Waals surface area (Å²) in [5, 5.41) is 3.36. The molecule has 1 atom stereocenters. The Labute approximate surface area is 161 Å². The van der Waals surface area contributed by atoms with E-state index in [1.54, 1.807) is 10.8 Å². The average molecular weight is 385 g/mol. The zero-order valence-corrected chi connectivity index (χ0v) is 15.3. The number of nitrogens with one attached hydrogen (secondary N) is 2. The van der Waals surface area contributed by atoms with E-state index in [-0.39, 0.29) is 24.1 Å². The SMILES string of the molecule is O=c1[nH]cc(CCNCc2ccccc2)n1C1COc2c(F)cc(F)cc2C1. The normalized spacial score (nSPS) is 15.9. The van der Waals surface area contributed by atoms with E-state index in [1.807, 2.05) is 30.3 Å². The van der Waals surface area contributed by atoms with Crippen LogP contribution in [0.15, 0.2) is 53.5 Å². The van der Waals surface area contributed by atoms with Gasteiger partial charge in [0.15, 0.2) is 11.6 Å². The second-order valence-electron chi connectivity index (χ2n) is 6.91. The molecule has 1 aliphatic rings. The third-order valence-electron chi connectivity index (χ3n) is 4.95. The number of benzene rings is 2. The lowest BCUT2D eigenvalue weighted by molar-refractivity contribution is 0.209. The van der Waals surface area contributed by atoms with E-state index in [0.29, 0.717) is 24.9 Å². The molecule has 3 aromatic rings. The van der Waals surface area contributed by atoms with Gasteiger partial charge in [0, 0.05) is 49.5 Å². The molecule has 1 aromatic heterocycles. The Balaban J connectivity index is 1.44. The Bertz CT molecular complexity index is 1010. The maximum atomic E-state index is 13.9. The second kappa shape index (κ2) is 7.98. The maximum Gasteiger partial charge on any atom is 0.326 e. The number of nitrogens with zero attached hydrogens (tertiary/aromatic N) is 1. The minimum absolute atomic E-state index is 0.0762. The van der Waals surface area contributed by atoms with Crippen LogP contribution in [0.5, 0.6) is 5.75 Å². The summed E-state index contributed by atoms with van der Waals surface area (Å²) in [7, 11) is 0. The standard InChI is InChI=1S/C21H21F2N3O2/c22-16-8-15-9-18(13-28-20(15)19(23)10-16)26-17(12-25-21(26)27)6-7-24-11-14-4-2-1-3-5-14/h1-5,8,10,12,18,24H,6-7,9,11,13H2,(H,25,27). The van der Waals surface area contributed by atoms with Crippen LogP contribution in [0.2, 0.25) is 0 Å². The molecule has 146 valence electrons. The summed E-state index contributed by atoms with van der Waals surface area (Å²) >= 11 is 0. The van der Waals surface area contributed by atoms with E-state index in [4.69, 9.17) is 4.74 Å². The number of rotatable bonds is 6. The zero-order chi connectivity index (χ0) is 19.5. The summed E-state index contributed by atoms with van der Waals surface area (Å²) in [6.45, 7) is 1.60. The predicted molar refractivity (Wildman–Crippen MR) is 101 cm³/mol. The van der Waals surface area contributed by atoms with E-state index >= 15 is 0 Å². The van der Waals surface area contributed by atoms with Gasteiger partial charge in [0.25, 0.3) is 0 Å². The number of ether oxygens (including phenoxy) is 1. The molecule has 0 saturated carbocycles. The van der Waals surface area contributed by atoms with Crippen molar-refractivity contribution < 1.29 is 13.5 Å². The van der Waals surface area contributed by atoms with E-state index in [2.05, 4.69) is 10.3 Å². The maximum absolute atomic E-state index is 13.9. The zero-order valence-electron chi connectivity index (χ0n) is 15.3. The number of imidazole rings is 1. The Morgan fingerprint density at radius 1 is 1.21 bits per heavy atom. The van der Waals surface area contributed by atoms with E-state index in [1.165, 1.54) is 11.6 Å². The van der Waals surface area contributed by atoms with Crippen LogP contribution in [0.25, 0.3) is 0 Å². The minimum atomic E-state index is -0.708. The molecule has 28 heavy (non-hydrogen) atoms. The third kappa shape index (κ3) is 3.84. The molecule has 0 radical (unpaired) electrons. The highest BCUT2D eigenvalue weighted by atomic mass is 19.1. The molecular weight excluding hydrogens is 364 g/mol. The first-order chi connectivity index (χ1) is 13.6. The number of fused-ring (bicyclic) bond motifs is 1. The fourth-order valence-electron chi connectivity index (χ4n) is 3.64. The monoisotopic (exact) mass is 385 g/mol. The van der Waals surface area contributed by atoms with Gasteiger partial charge in [0.2, 0.25) is 0 Å². The Hall–Kier alpha value is -2.93. The van der Waals surface area contributed by atoms with Crippen molar-refractivity contribution in [3.8, 4) is 5.75 Å². The van der Waals surface area contributed by atoms with Gasteiger partial charge in [-0.15, -0.1) is 0 Å². The molecule has 4 rings (SSSR count). The topological polar surface area (TPSA) is 59.0 Å². The fourth-order valence-corrected chi connectivity index (χ4v) is 3.64. The van der Waals surface area contributed by atoms with Gasteiger partial charge in [0.05, 0.1) is 6.04 Å². The van der Waals surface area contributed by atoms with Crippen LogP contribution in [0, 0.1) is 11.6 Å². The molecule has 0 bridgehead atoms. The van der Waals surface area contributed by atoms with E-state index in [9.17, 15) is 13.6 Å². The summed E-state index contributed by atoms with van der Waals surface area (Å²) in [5.74, 6) is -1.28. The summed E-state index contributed by atoms with van der Waals surface area (Å²) in [6.07, 6.45) is 2.67. The predicted octanol–water partition coefficient (Wildman–Crippen LogP) is 2.96. The highest BCUT2D eigenvalue weighted by Gasteiger charge is 2.27. The number of H-pyrrole nitrogens is 1. The van der Waals surface area contributed by atoms with Gasteiger partial charge in [-0.05, 0) is 11.6 Å². The lowest BCUT2D eigenvalue weighted by Crippen LogP contribution is -2.33. The van der Waals surface area contributed by atoms with Crippen molar-refractivity contribution in [1.29, 1.82) is 0 Å². The van der Waals surface area contributed by atoms with Crippen LogP contribution >= 0.6 is 0 Å². The number of aromatic amines is 1. The second-order valence-corrected chi connectivity index (χ2v) is 6.91. The molecule has 2 aromatic carbocycles. The van der Waals surface area contributed by atoms with Crippen LogP contribution < -0.4 is 15.7 Å². The number of hydrogen-bond donors (Lipinski definition) is 2. The first-order valence-corrected chi connectivity index (χ1v) is 9.26. The molecule has 2 heterocycles. The van der Waals surface area contributed by atoms with Crippen LogP contribution in [0.1, 0.15) is 22.9 Å².